The molecule has 1 aromatic carbocycles. The molecule has 110 valence electrons. The van der Waals surface area contributed by atoms with Crippen LogP contribution in [0.15, 0.2) is 24.3 Å². The third-order valence-corrected chi connectivity index (χ3v) is 5.08. The highest BCUT2D eigenvalue weighted by atomic mass is 35.5. The number of benzene rings is 1. The van der Waals surface area contributed by atoms with E-state index in [0.717, 1.165) is 12.8 Å². The maximum absolute atomic E-state index is 12.2. The van der Waals surface area contributed by atoms with Crippen molar-refractivity contribution in [2.45, 2.75) is 19.3 Å². The van der Waals surface area contributed by atoms with Gasteiger partial charge < -0.3 is 0 Å². The number of piperidine rings is 1. The number of Topliss-reactive ketones (excluding diaryl/α,β-unsaturated/α-hetero) is 1. The fourth-order valence-corrected chi connectivity index (χ4v) is 3.67. The van der Waals surface area contributed by atoms with Gasteiger partial charge >= 0.3 is 0 Å². The number of carbonyl (C=O) groups is 1. The van der Waals surface area contributed by atoms with E-state index in [9.17, 15) is 13.2 Å². The van der Waals surface area contributed by atoms with Crippen molar-refractivity contribution in [3.05, 3.63) is 34.9 Å². The summed E-state index contributed by atoms with van der Waals surface area (Å²) in [6.45, 7) is 0.992. The van der Waals surface area contributed by atoms with Crippen molar-refractivity contribution in [1.29, 1.82) is 0 Å². The molecule has 1 heterocycles. The normalized spacial score (nSPS) is 20.8. The molecule has 2 rings (SSSR count). The lowest BCUT2D eigenvalue weighted by atomic mass is 9.92. The molecule has 0 radical (unpaired) electrons. The van der Waals surface area contributed by atoms with Gasteiger partial charge in [0.1, 0.15) is 0 Å². The average molecular weight is 316 g/mol. The second kappa shape index (κ2) is 6.24. The SMILES string of the molecule is CS(=O)(=O)N1CCCC(CC(=O)c2cccc(Cl)c2)C1. The summed E-state index contributed by atoms with van der Waals surface area (Å²) in [6, 6.07) is 6.87. The average Bonchev–Trinajstić information content (AvgIpc) is 2.38. The number of sulfonamides is 1. The summed E-state index contributed by atoms with van der Waals surface area (Å²) in [5, 5.41) is 0.539. The van der Waals surface area contributed by atoms with Crippen LogP contribution in [0.2, 0.25) is 5.02 Å². The van der Waals surface area contributed by atoms with Crippen LogP contribution in [-0.4, -0.2) is 37.9 Å². The van der Waals surface area contributed by atoms with Crippen LogP contribution in [0.5, 0.6) is 0 Å². The molecule has 1 aliphatic heterocycles. The molecule has 1 aliphatic rings. The maximum Gasteiger partial charge on any atom is 0.211 e. The Hall–Kier alpha value is -0.910. The van der Waals surface area contributed by atoms with Gasteiger partial charge in [-0.25, -0.2) is 12.7 Å². The van der Waals surface area contributed by atoms with Crippen LogP contribution in [-0.2, 0) is 10.0 Å². The minimum absolute atomic E-state index is 0.0212. The smallest absolute Gasteiger partial charge is 0.211 e. The van der Waals surface area contributed by atoms with E-state index >= 15 is 0 Å². The molecule has 6 heteroatoms. The number of hydrogen-bond donors (Lipinski definition) is 0. The van der Waals surface area contributed by atoms with Crippen molar-refractivity contribution >= 4 is 27.4 Å². The molecule has 0 spiro atoms. The minimum Gasteiger partial charge on any atom is -0.294 e. The fraction of sp³-hybridized carbons (Fsp3) is 0.500. The number of hydrogen-bond acceptors (Lipinski definition) is 3. The quantitative estimate of drug-likeness (QED) is 0.802. The van der Waals surface area contributed by atoms with Crippen LogP contribution in [0.25, 0.3) is 0 Å². The van der Waals surface area contributed by atoms with E-state index in [4.69, 9.17) is 11.6 Å². The number of carbonyl (C=O) groups excluding carboxylic acids is 1. The molecule has 4 nitrogen and oxygen atoms in total. The molecule has 0 amide bonds. The highest BCUT2D eigenvalue weighted by Crippen LogP contribution is 2.23. The van der Waals surface area contributed by atoms with Crippen molar-refractivity contribution in [2.75, 3.05) is 19.3 Å². The van der Waals surface area contributed by atoms with Crippen molar-refractivity contribution in [3.8, 4) is 0 Å². The van der Waals surface area contributed by atoms with E-state index in [-0.39, 0.29) is 11.7 Å². The third-order valence-electron chi connectivity index (χ3n) is 3.57. The van der Waals surface area contributed by atoms with Crippen LogP contribution in [0.3, 0.4) is 0 Å². The lowest BCUT2D eigenvalue weighted by molar-refractivity contribution is 0.0942. The van der Waals surface area contributed by atoms with Gasteiger partial charge in [-0.1, -0.05) is 23.7 Å². The minimum atomic E-state index is -3.17. The Kier molecular flexibility index (Phi) is 4.83. The van der Waals surface area contributed by atoms with Crippen molar-refractivity contribution < 1.29 is 13.2 Å². The van der Waals surface area contributed by atoms with Gasteiger partial charge in [-0.15, -0.1) is 0 Å². The predicted molar refractivity (Wildman–Crippen MR) is 79.5 cm³/mol. The number of nitrogens with zero attached hydrogens (tertiary/aromatic N) is 1. The Morgan fingerprint density at radius 1 is 1.45 bits per heavy atom. The standard InChI is InChI=1S/C14H18ClNO3S/c1-20(18,19)16-7-3-4-11(10-16)8-14(17)12-5-2-6-13(15)9-12/h2,5-6,9,11H,3-4,7-8,10H2,1H3. The Morgan fingerprint density at radius 3 is 2.85 bits per heavy atom. The molecule has 0 saturated carbocycles. The molecular formula is C14H18ClNO3S. The summed E-state index contributed by atoms with van der Waals surface area (Å²) < 4.78 is 24.6. The van der Waals surface area contributed by atoms with Crippen LogP contribution < -0.4 is 0 Å². The maximum atomic E-state index is 12.2. The van der Waals surface area contributed by atoms with Gasteiger partial charge in [0.05, 0.1) is 6.26 Å². The number of ketones is 1. The Bertz CT molecular complexity index is 600. The molecule has 0 aliphatic carbocycles. The Morgan fingerprint density at radius 2 is 2.20 bits per heavy atom. The Balaban J connectivity index is 2.01. The second-order valence-electron chi connectivity index (χ2n) is 5.27. The van der Waals surface area contributed by atoms with Crippen LogP contribution in [0.4, 0.5) is 0 Å². The van der Waals surface area contributed by atoms with E-state index in [2.05, 4.69) is 0 Å². The molecule has 0 bridgehead atoms. The van der Waals surface area contributed by atoms with E-state index in [0.29, 0.717) is 30.1 Å². The summed E-state index contributed by atoms with van der Waals surface area (Å²) in [6.07, 6.45) is 3.28. The van der Waals surface area contributed by atoms with E-state index in [1.54, 1.807) is 24.3 Å². The largest absolute Gasteiger partial charge is 0.294 e. The van der Waals surface area contributed by atoms with E-state index in [1.165, 1.54) is 10.6 Å². The topological polar surface area (TPSA) is 54.5 Å². The van der Waals surface area contributed by atoms with Gasteiger partial charge in [-0.05, 0) is 30.9 Å². The summed E-state index contributed by atoms with van der Waals surface area (Å²) in [4.78, 5) is 12.2. The zero-order valence-corrected chi connectivity index (χ0v) is 13.0. The van der Waals surface area contributed by atoms with E-state index < -0.39 is 10.0 Å². The van der Waals surface area contributed by atoms with Gasteiger partial charge in [0.25, 0.3) is 0 Å². The van der Waals surface area contributed by atoms with Crippen molar-refractivity contribution in [1.82, 2.24) is 4.31 Å². The summed E-state index contributed by atoms with van der Waals surface area (Å²) in [5.41, 5.74) is 0.592. The zero-order valence-electron chi connectivity index (χ0n) is 11.4. The molecule has 1 aromatic rings. The molecular weight excluding hydrogens is 298 g/mol. The molecule has 1 atom stereocenters. The molecule has 1 unspecified atom stereocenters. The van der Waals surface area contributed by atoms with Gasteiger partial charge in [-0.3, -0.25) is 4.79 Å². The number of rotatable bonds is 4. The summed E-state index contributed by atoms with van der Waals surface area (Å²) in [7, 11) is -3.17. The highest BCUT2D eigenvalue weighted by molar-refractivity contribution is 7.88. The summed E-state index contributed by atoms with van der Waals surface area (Å²) in [5.74, 6) is 0.109. The number of halogens is 1. The first-order valence-corrected chi connectivity index (χ1v) is 8.83. The fourth-order valence-electron chi connectivity index (χ4n) is 2.54. The van der Waals surface area contributed by atoms with Crippen LogP contribution in [0, 0.1) is 5.92 Å². The van der Waals surface area contributed by atoms with E-state index in [1.807, 2.05) is 0 Å². The van der Waals surface area contributed by atoms with Gasteiger partial charge in [-0.2, -0.15) is 0 Å². The van der Waals surface area contributed by atoms with Crippen molar-refractivity contribution in [3.63, 3.8) is 0 Å². The first kappa shape index (κ1) is 15.5. The van der Waals surface area contributed by atoms with Gasteiger partial charge in [0.15, 0.2) is 5.78 Å². The molecule has 0 aromatic heterocycles. The Labute approximate surface area is 124 Å². The predicted octanol–water partition coefficient (Wildman–Crippen LogP) is 2.58. The summed E-state index contributed by atoms with van der Waals surface area (Å²) >= 11 is 5.87. The van der Waals surface area contributed by atoms with Gasteiger partial charge in [0.2, 0.25) is 10.0 Å². The van der Waals surface area contributed by atoms with Crippen molar-refractivity contribution in [2.24, 2.45) is 5.92 Å². The zero-order chi connectivity index (χ0) is 14.8. The van der Waals surface area contributed by atoms with Crippen LogP contribution >= 0.6 is 11.6 Å². The molecule has 1 saturated heterocycles. The van der Waals surface area contributed by atoms with Gasteiger partial charge in [0, 0.05) is 30.1 Å². The molecule has 0 N–H and O–H groups in total. The lowest BCUT2D eigenvalue weighted by Gasteiger charge is -2.30. The molecule has 1 fully saturated rings. The monoisotopic (exact) mass is 315 g/mol. The first-order chi connectivity index (χ1) is 9.36. The van der Waals surface area contributed by atoms with Crippen LogP contribution in [0.1, 0.15) is 29.6 Å². The molecule has 20 heavy (non-hydrogen) atoms. The third kappa shape index (κ3) is 4.04. The first-order valence-electron chi connectivity index (χ1n) is 6.60. The second-order valence-corrected chi connectivity index (χ2v) is 7.69. The lowest BCUT2D eigenvalue weighted by Crippen LogP contribution is -2.39. The highest BCUT2D eigenvalue weighted by Gasteiger charge is 2.27.